The molecule has 1 aromatic heterocycles. The minimum atomic E-state index is -0.807. The van der Waals surface area contributed by atoms with Gasteiger partial charge in [0.25, 0.3) is 5.91 Å². The van der Waals surface area contributed by atoms with Gasteiger partial charge >= 0.3 is 12.0 Å². The lowest BCUT2D eigenvalue weighted by molar-refractivity contribution is -0.148. The Morgan fingerprint density at radius 3 is 2.65 bits per heavy atom. The molecule has 8 nitrogen and oxygen atoms in total. The number of carbonyl (C=O) groups excluding carboxylic acids is 3. The summed E-state index contributed by atoms with van der Waals surface area (Å²) >= 11 is 0. The summed E-state index contributed by atoms with van der Waals surface area (Å²) in [4.78, 5) is 37.3. The second-order valence-electron chi connectivity index (χ2n) is 6.07. The second kappa shape index (κ2) is 5.68. The third-order valence-corrected chi connectivity index (χ3v) is 4.55. The molecular formula is C15H19N3O5. The Bertz CT molecular complexity index is 641. The Hall–Kier alpha value is -2.38. The average molecular weight is 321 g/mol. The first-order valence-corrected chi connectivity index (χ1v) is 7.64. The highest BCUT2D eigenvalue weighted by Crippen LogP contribution is 2.34. The van der Waals surface area contributed by atoms with Crippen molar-refractivity contribution in [3.05, 3.63) is 17.0 Å². The first-order chi connectivity index (χ1) is 10.9. The summed E-state index contributed by atoms with van der Waals surface area (Å²) in [6, 6.07) is -0.522. The minimum Gasteiger partial charge on any atom is -0.459 e. The van der Waals surface area contributed by atoms with Gasteiger partial charge in [-0.15, -0.1) is 0 Å². The number of amides is 3. The number of nitrogens with one attached hydrogen (secondary N) is 1. The maximum Gasteiger partial charge on any atom is 0.326 e. The molecule has 2 heterocycles. The summed E-state index contributed by atoms with van der Waals surface area (Å²) in [5.41, 5.74) is 0.539. The van der Waals surface area contributed by atoms with Crippen LogP contribution in [0.2, 0.25) is 0 Å². The van der Waals surface area contributed by atoms with Crippen LogP contribution in [-0.4, -0.2) is 40.0 Å². The fraction of sp³-hybridized carbons (Fsp3) is 0.600. The molecule has 1 spiro atoms. The molecule has 1 saturated carbocycles. The molecule has 0 unspecified atom stereocenters. The van der Waals surface area contributed by atoms with E-state index < -0.39 is 17.5 Å². The summed E-state index contributed by atoms with van der Waals surface area (Å²) in [6.45, 7) is 3.11. The van der Waals surface area contributed by atoms with Crippen molar-refractivity contribution in [2.75, 3.05) is 6.54 Å². The van der Waals surface area contributed by atoms with Gasteiger partial charge in [-0.05, 0) is 26.7 Å². The van der Waals surface area contributed by atoms with Crippen LogP contribution in [0.4, 0.5) is 4.79 Å². The van der Waals surface area contributed by atoms with Crippen LogP contribution in [0.25, 0.3) is 0 Å². The highest BCUT2D eigenvalue weighted by atomic mass is 16.5. The quantitative estimate of drug-likeness (QED) is 0.660. The van der Waals surface area contributed by atoms with Gasteiger partial charge in [-0.2, -0.15) is 0 Å². The lowest BCUT2D eigenvalue weighted by Gasteiger charge is -2.19. The molecule has 1 aliphatic carbocycles. The number of nitrogens with zero attached hydrogens (tertiary/aromatic N) is 2. The SMILES string of the molecule is Cc1noc(C)c1COC(=O)CN1C(=O)NC2(CCCC2)C1=O. The number of aromatic nitrogens is 1. The van der Waals surface area contributed by atoms with E-state index in [1.165, 1.54) is 0 Å². The zero-order chi connectivity index (χ0) is 16.6. The molecule has 0 aromatic carbocycles. The second-order valence-corrected chi connectivity index (χ2v) is 6.07. The molecule has 1 saturated heterocycles. The van der Waals surface area contributed by atoms with Gasteiger partial charge in [-0.25, -0.2) is 4.79 Å². The molecule has 0 atom stereocenters. The number of imide groups is 1. The smallest absolute Gasteiger partial charge is 0.326 e. The Morgan fingerprint density at radius 2 is 2.04 bits per heavy atom. The fourth-order valence-electron chi connectivity index (χ4n) is 3.17. The molecule has 124 valence electrons. The molecule has 8 heteroatoms. The lowest BCUT2D eigenvalue weighted by Crippen LogP contribution is -2.44. The molecule has 23 heavy (non-hydrogen) atoms. The van der Waals surface area contributed by atoms with E-state index in [1.807, 2.05) is 0 Å². The molecule has 0 radical (unpaired) electrons. The molecule has 1 N–H and O–H groups in total. The van der Waals surface area contributed by atoms with Crippen molar-refractivity contribution in [3.63, 3.8) is 0 Å². The summed E-state index contributed by atoms with van der Waals surface area (Å²) in [7, 11) is 0. The first kappa shape index (κ1) is 15.5. The van der Waals surface area contributed by atoms with Crippen molar-refractivity contribution >= 4 is 17.9 Å². The molecule has 2 aliphatic rings. The van der Waals surface area contributed by atoms with Gasteiger partial charge in [-0.3, -0.25) is 14.5 Å². The van der Waals surface area contributed by atoms with Crippen molar-refractivity contribution in [1.82, 2.24) is 15.4 Å². The Balaban J connectivity index is 1.60. The van der Waals surface area contributed by atoms with E-state index in [1.54, 1.807) is 13.8 Å². The topological polar surface area (TPSA) is 102 Å². The summed E-state index contributed by atoms with van der Waals surface area (Å²) in [5.74, 6) is -0.381. The van der Waals surface area contributed by atoms with Gasteiger partial charge in [0.1, 0.15) is 24.5 Å². The van der Waals surface area contributed by atoms with Gasteiger partial charge in [-0.1, -0.05) is 18.0 Å². The number of ether oxygens (including phenoxy) is 1. The summed E-state index contributed by atoms with van der Waals surface area (Å²) in [6.07, 6.45) is 3.05. The van der Waals surface area contributed by atoms with Crippen LogP contribution in [0.15, 0.2) is 4.52 Å². The Morgan fingerprint density at radius 1 is 1.35 bits per heavy atom. The number of hydrogen-bond donors (Lipinski definition) is 1. The van der Waals surface area contributed by atoms with E-state index >= 15 is 0 Å². The van der Waals surface area contributed by atoms with Crippen molar-refractivity contribution in [2.45, 2.75) is 51.7 Å². The normalized spacial score (nSPS) is 19.5. The van der Waals surface area contributed by atoms with Crippen LogP contribution in [0, 0.1) is 13.8 Å². The zero-order valence-corrected chi connectivity index (χ0v) is 13.2. The van der Waals surface area contributed by atoms with Crippen molar-refractivity contribution in [3.8, 4) is 0 Å². The number of esters is 1. The Kier molecular flexibility index (Phi) is 3.83. The van der Waals surface area contributed by atoms with Crippen molar-refractivity contribution < 1.29 is 23.6 Å². The predicted molar refractivity (Wildman–Crippen MR) is 77.2 cm³/mol. The molecule has 1 aliphatic heterocycles. The Labute approximate surface area is 133 Å². The van der Waals surface area contributed by atoms with Crippen molar-refractivity contribution in [2.24, 2.45) is 0 Å². The third kappa shape index (κ3) is 2.69. The first-order valence-electron chi connectivity index (χ1n) is 7.64. The maximum atomic E-state index is 12.4. The number of aryl methyl sites for hydroxylation is 2. The highest BCUT2D eigenvalue weighted by Gasteiger charge is 2.52. The number of carbonyl (C=O) groups is 3. The largest absolute Gasteiger partial charge is 0.459 e. The van der Waals surface area contributed by atoms with Gasteiger partial charge in [0.15, 0.2) is 0 Å². The van der Waals surface area contributed by atoms with Gasteiger partial charge in [0, 0.05) is 0 Å². The van der Waals surface area contributed by atoms with E-state index in [-0.39, 0.29) is 19.1 Å². The van der Waals surface area contributed by atoms with Crippen LogP contribution in [-0.2, 0) is 20.9 Å². The average Bonchev–Trinajstić information content (AvgIpc) is 3.16. The lowest BCUT2D eigenvalue weighted by atomic mass is 9.98. The zero-order valence-electron chi connectivity index (χ0n) is 13.2. The highest BCUT2D eigenvalue weighted by molar-refractivity contribution is 6.08. The summed E-state index contributed by atoms with van der Waals surface area (Å²) < 4.78 is 10.1. The van der Waals surface area contributed by atoms with E-state index in [9.17, 15) is 14.4 Å². The van der Waals surface area contributed by atoms with E-state index in [0.717, 1.165) is 17.7 Å². The third-order valence-electron chi connectivity index (χ3n) is 4.55. The fourth-order valence-corrected chi connectivity index (χ4v) is 3.17. The molecular weight excluding hydrogens is 302 g/mol. The van der Waals surface area contributed by atoms with Crippen molar-refractivity contribution in [1.29, 1.82) is 0 Å². The van der Waals surface area contributed by atoms with Crippen LogP contribution in [0.5, 0.6) is 0 Å². The van der Waals surface area contributed by atoms with Crippen LogP contribution in [0.3, 0.4) is 0 Å². The number of urea groups is 1. The van der Waals surface area contributed by atoms with Crippen LogP contribution < -0.4 is 5.32 Å². The van der Waals surface area contributed by atoms with Gasteiger partial charge < -0.3 is 14.6 Å². The molecule has 2 fully saturated rings. The van der Waals surface area contributed by atoms with E-state index in [4.69, 9.17) is 9.26 Å². The van der Waals surface area contributed by atoms with E-state index in [0.29, 0.717) is 29.9 Å². The molecule has 0 bridgehead atoms. The predicted octanol–water partition coefficient (Wildman–Crippen LogP) is 1.20. The summed E-state index contributed by atoms with van der Waals surface area (Å²) in [5, 5.41) is 6.50. The minimum absolute atomic E-state index is 0.00872. The molecule has 3 rings (SSSR count). The monoisotopic (exact) mass is 321 g/mol. The van der Waals surface area contributed by atoms with Crippen LogP contribution in [0.1, 0.15) is 42.7 Å². The molecule has 1 aromatic rings. The van der Waals surface area contributed by atoms with Gasteiger partial charge in [0.05, 0.1) is 11.3 Å². The van der Waals surface area contributed by atoms with E-state index in [2.05, 4.69) is 10.5 Å². The molecule has 3 amide bonds. The number of rotatable bonds is 4. The maximum absolute atomic E-state index is 12.4. The standard InChI is InChI=1S/C15H19N3O5/c1-9-11(10(2)23-17-9)8-22-12(19)7-18-13(20)15(16-14(18)21)5-3-4-6-15/h3-8H2,1-2H3,(H,16,21). The van der Waals surface area contributed by atoms with Crippen LogP contribution >= 0.6 is 0 Å². The number of hydrogen-bond acceptors (Lipinski definition) is 6. The van der Waals surface area contributed by atoms with Gasteiger partial charge in [0.2, 0.25) is 0 Å².